The average molecular weight is 574 g/mol. The molecular formula is C26H47N5O9. The molecule has 7 unspecified atom stereocenters. The molecule has 3 aliphatic heterocycles. The highest BCUT2D eigenvalue weighted by Gasteiger charge is 2.44. The lowest BCUT2D eigenvalue weighted by Crippen LogP contribution is -2.60. The van der Waals surface area contributed by atoms with Crippen molar-refractivity contribution in [2.75, 3.05) is 65.9 Å². The van der Waals surface area contributed by atoms with E-state index in [-0.39, 0.29) is 19.1 Å². The average Bonchev–Trinajstić information content (AvgIpc) is 3.62. The zero-order chi connectivity index (χ0) is 29.1. The number of hydrogen-bond donors (Lipinski definition) is 4. The molecule has 0 bridgehead atoms. The van der Waals surface area contributed by atoms with E-state index in [1.165, 1.54) is 4.90 Å². The van der Waals surface area contributed by atoms with E-state index in [1.807, 2.05) is 0 Å². The molecule has 0 aliphatic carbocycles. The summed E-state index contributed by atoms with van der Waals surface area (Å²) in [5, 5.41) is 13.8. The Bertz CT molecular complexity index is 821. The first-order valence-corrected chi connectivity index (χ1v) is 14.3. The van der Waals surface area contributed by atoms with Crippen LogP contribution in [0.2, 0.25) is 0 Å². The lowest BCUT2D eigenvalue weighted by molar-refractivity contribution is -0.147. The van der Waals surface area contributed by atoms with Gasteiger partial charge in [-0.2, -0.15) is 0 Å². The topological polar surface area (TPSA) is 188 Å². The van der Waals surface area contributed by atoms with Gasteiger partial charge in [-0.05, 0) is 39.5 Å². The van der Waals surface area contributed by atoms with Crippen LogP contribution in [0.15, 0.2) is 0 Å². The third kappa shape index (κ3) is 9.05. The molecule has 3 rings (SSSR count). The monoisotopic (exact) mass is 573 g/mol. The fourth-order valence-corrected chi connectivity index (χ4v) is 5.33. The highest BCUT2D eigenvalue weighted by Crippen LogP contribution is 2.27. The van der Waals surface area contributed by atoms with Gasteiger partial charge in [0.05, 0.1) is 77.1 Å². The third-order valence-electron chi connectivity index (χ3n) is 7.68. The van der Waals surface area contributed by atoms with Crippen molar-refractivity contribution in [2.45, 2.75) is 82.1 Å². The Labute approximate surface area is 235 Å². The van der Waals surface area contributed by atoms with Crippen LogP contribution in [-0.4, -0.2) is 141 Å². The van der Waals surface area contributed by atoms with Gasteiger partial charge in [0.25, 0.3) is 0 Å². The molecule has 230 valence electrons. The molecule has 7 atom stereocenters. The number of nitrogens with zero attached hydrogens (tertiary/aromatic N) is 2. The zero-order valence-corrected chi connectivity index (χ0v) is 23.7. The van der Waals surface area contributed by atoms with Crippen LogP contribution in [-0.2, 0) is 38.1 Å². The molecule has 14 nitrogen and oxygen atoms in total. The third-order valence-corrected chi connectivity index (χ3v) is 7.68. The number of aliphatic hydroxyl groups excluding tert-OH is 1. The predicted octanol–water partition coefficient (Wildman–Crippen LogP) is -2.07. The van der Waals surface area contributed by atoms with Crippen LogP contribution >= 0.6 is 0 Å². The first-order chi connectivity index (χ1) is 19.2. The van der Waals surface area contributed by atoms with Gasteiger partial charge >= 0.3 is 0 Å². The first-order valence-electron chi connectivity index (χ1n) is 14.3. The first kappa shape index (κ1) is 32.6. The van der Waals surface area contributed by atoms with Crippen molar-refractivity contribution in [1.82, 2.24) is 15.1 Å². The van der Waals surface area contributed by atoms with E-state index in [4.69, 9.17) is 35.2 Å². The quantitative estimate of drug-likeness (QED) is 0.270. The minimum absolute atomic E-state index is 0.193. The van der Waals surface area contributed by atoms with Crippen molar-refractivity contribution >= 4 is 17.7 Å². The number of nitrogens with one attached hydrogen (secondary N) is 1. The molecule has 0 radical (unpaired) electrons. The number of fused-ring (bicyclic) bond motifs is 2. The molecule has 3 fully saturated rings. The van der Waals surface area contributed by atoms with Crippen molar-refractivity contribution in [2.24, 2.45) is 11.5 Å². The van der Waals surface area contributed by atoms with Crippen LogP contribution in [0.25, 0.3) is 0 Å². The fourth-order valence-electron chi connectivity index (χ4n) is 5.33. The number of carbonyl (C=O) groups excluding carboxylic acids is 3. The molecule has 0 saturated carbocycles. The number of hydrogen-bond acceptors (Lipinski definition) is 11. The molecule has 0 aromatic rings. The number of nitrogens with two attached hydrogens (primary N) is 2. The number of carbonyl (C=O) groups is 3. The Hall–Kier alpha value is -1.91. The molecule has 6 N–H and O–H groups in total. The Morgan fingerprint density at radius 2 is 1.38 bits per heavy atom. The SMILES string of the molecule is CC1OCCOCCOCCOCCOC(C)C(N)C(O)N2CCCC2C(=O)N2CCCC2C(=O)NC1C(N)=O. The molecule has 0 spiro atoms. The number of aliphatic hydroxyl groups is 1. The zero-order valence-electron chi connectivity index (χ0n) is 23.7. The fraction of sp³-hybridized carbons (Fsp3) is 0.885. The molecule has 0 aromatic carbocycles. The van der Waals surface area contributed by atoms with E-state index in [9.17, 15) is 19.5 Å². The summed E-state index contributed by atoms with van der Waals surface area (Å²) in [6, 6.07) is -3.21. The minimum atomic E-state index is -1.11. The normalized spacial score (nSPS) is 35.7. The highest BCUT2D eigenvalue weighted by atomic mass is 16.6. The Morgan fingerprint density at radius 1 is 0.850 bits per heavy atom. The van der Waals surface area contributed by atoms with Crippen LogP contribution < -0.4 is 16.8 Å². The summed E-state index contributed by atoms with van der Waals surface area (Å²) in [5.74, 6) is -1.44. The maximum absolute atomic E-state index is 13.7. The smallest absolute Gasteiger partial charge is 0.243 e. The van der Waals surface area contributed by atoms with Crippen molar-refractivity contribution in [1.29, 1.82) is 0 Å². The molecule has 3 saturated heterocycles. The van der Waals surface area contributed by atoms with Crippen molar-refractivity contribution in [3.8, 4) is 0 Å². The lowest BCUT2D eigenvalue weighted by Gasteiger charge is -2.37. The van der Waals surface area contributed by atoms with Crippen LogP contribution in [0.1, 0.15) is 39.5 Å². The summed E-state index contributed by atoms with van der Waals surface area (Å²) in [7, 11) is 0. The molecule has 40 heavy (non-hydrogen) atoms. The Morgan fingerprint density at radius 3 is 1.98 bits per heavy atom. The maximum atomic E-state index is 13.7. The molecule has 3 aliphatic rings. The van der Waals surface area contributed by atoms with Gasteiger partial charge in [-0.1, -0.05) is 0 Å². The van der Waals surface area contributed by atoms with Gasteiger partial charge in [-0.25, -0.2) is 0 Å². The molecule has 14 heteroatoms. The maximum Gasteiger partial charge on any atom is 0.243 e. The molecular weight excluding hydrogens is 526 g/mol. The lowest BCUT2D eigenvalue weighted by atomic mass is 10.1. The Balaban J connectivity index is 1.70. The van der Waals surface area contributed by atoms with Gasteiger partial charge in [0, 0.05) is 13.1 Å². The van der Waals surface area contributed by atoms with Crippen LogP contribution in [0.3, 0.4) is 0 Å². The highest BCUT2D eigenvalue weighted by molar-refractivity contribution is 5.93. The summed E-state index contributed by atoms with van der Waals surface area (Å²) in [5.41, 5.74) is 11.9. The number of amides is 3. The van der Waals surface area contributed by atoms with Crippen molar-refractivity contribution in [3.05, 3.63) is 0 Å². The van der Waals surface area contributed by atoms with Gasteiger partial charge in [0.1, 0.15) is 18.3 Å². The standard InChI is InChI=1S/C26H47N5O9/c1-17-21(27)26(35)31-8-4-6-20(31)25(34)30-7-3-5-19(30)24(33)29-22(23(28)32)18(2)40-16-14-38-12-10-36-9-11-37-13-15-39-17/h17-22,26,35H,3-16,27H2,1-2H3,(H2,28,32)(H,29,33). The van der Waals surface area contributed by atoms with Crippen molar-refractivity contribution < 1.29 is 43.2 Å². The van der Waals surface area contributed by atoms with Gasteiger partial charge < -0.3 is 50.5 Å². The van der Waals surface area contributed by atoms with E-state index in [0.717, 1.165) is 0 Å². The second kappa shape index (κ2) is 16.5. The van der Waals surface area contributed by atoms with Crippen LogP contribution in [0, 0.1) is 0 Å². The van der Waals surface area contributed by atoms with Crippen LogP contribution in [0.5, 0.6) is 0 Å². The summed E-state index contributed by atoms with van der Waals surface area (Å²) >= 11 is 0. The van der Waals surface area contributed by atoms with Gasteiger partial charge in [0.2, 0.25) is 17.7 Å². The van der Waals surface area contributed by atoms with Gasteiger partial charge in [0.15, 0.2) is 0 Å². The molecule has 0 aromatic heterocycles. The van der Waals surface area contributed by atoms with Gasteiger partial charge in [-0.3, -0.25) is 19.3 Å². The van der Waals surface area contributed by atoms with Crippen LogP contribution in [0.4, 0.5) is 0 Å². The second-order valence-electron chi connectivity index (χ2n) is 10.5. The summed E-state index contributed by atoms with van der Waals surface area (Å²) in [6.07, 6.45) is 0.0382. The molecule has 3 heterocycles. The van der Waals surface area contributed by atoms with E-state index >= 15 is 0 Å². The summed E-state index contributed by atoms with van der Waals surface area (Å²) in [6.45, 7) is 6.95. The number of primary amides is 1. The van der Waals surface area contributed by atoms with E-state index < -0.39 is 54.4 Å². The van der Waals surface area contributed by atoms with Crippen molar-refractivity contribution in [3.63, 3.8) is 0 Å². The predicted molar refractivity (Wildman–Crippen MR) is 143 cm³/mol. The largest absolute Gasteiger partial charge is 0.377 e. The number of ether oxygens (including phenoxy) is 5. The van der Waals surface area contributed by atoms with E-state index in [1.54, 1.807) is 18.7 Å². The summed E-state index contributed by atoms with van der Waals surface area (Å²) < 4.78 is 27.9. The minimum Gasteiger partial charge on any atom is -0.377 e. The summed E-state index contributed by atoms with van der Waals surface area (Å²) in [4.78, 5) is 42.3. The number of rotatable bonds is 1. The van der Waals surface area contributed by atoms with E-state index in [2.05, 4.69) is 5.32 Å². The van der Waals surface area contributed by atoms with Gasteiger partial charge in [-0.15, -0.1) is 0 Å². The molecule has 3 amide bonds. The van der Waals surface area contributed by atoms with E-state index in [0.29, 0.717) is 78.4 Å². The second-order valence-corrected chi connectivity index (χ2v) is 10.5. The Kier molecular flexibility index (Phi) is 13.5.